The normalized spacial score (nSPS) is 10.6. The summed E-state index contributed by atoms with van der Waals surface area (Å²) in [6.07, 6.45) is 3.87. The Balaban J connectivity index is 0.00000182. The molecule has 3 rings (SSSR count). The zero-order chi connectivity index (χ0) is 17.9. The number of hydrogen-bond donors (Lipinski definition) is 2. The molecule has 0 bridgehead atoms. The second-order valence-electron chi connectivity index (χ2n) is 6.56. The fourth-order valence-electron chi connectivity index (χ4n) is 2.37. The molecular weight excluding hydrogens is 387 g/mol. The average molecular weight is 411 g/mol. The Labute approximate surface area is 170 Å². The van der Waals surface area contributed by atoms with Crippen molar-refractivity contribution in [2.75, 3.05) is 6.54 Å². The Kier molecular flexibility index (Phi) is 8.09. The van der Waals surface area contributed by atoms with Crippen molar-refractivity contribution in [1.82, 2.24) is 14.7 Å². The largest absolute Gasteiger partial charge is 0.487 e. The van der Waals surface area contributed by atoms with Crippen LogP contribution in [0.1, 0.15) is 29.9 Å². The zero-order valence-electron chi connectivity index (χ0n) is 15.2. The summed E-state index contributed by atoms with van der Waals surface area (Å²) >= 11 is 0. The fraction of sp³-hybridized carbons (Fsp3) is 0.263. The molecule has 1 aromatic carbocycles. The van der Waals surface area contributed by atoms with Crippen LogP contribution in [0.25, 0.3) is 5.65 Å². The average Bonchev–Trinajstić information content (AvgIpc) is 3.03. The summed E-state index contributed by atoms with van der Waals surface area (Å²) in [5.41, 5.74) is 7.44. The first-order valence-corrected chi connectivity index (χ1v) is 8.15. The zero-order valence-corrected chi connectivity index (χ0v) is 16.8. The van der Waals surface area contributed by atoms with E-state index in [-0.39, 0.29) is 30.7 Å². The van der Waals surface area contributed by atoms with Gasteiger partial charge in [-0.2, -0.15) is 0 Å². The number of hydrogen-bond acceptors (Lipinski definition) is 4. The van der Waals surface area contributed by atoms with Gasteiger partial charge in [0.15, 0.2) is 0 Å². The van der Waals surface area contributed by atoms with Crippen LogP contribution in [0.5, 0.6) is 5.75 Å². The molecule has 0 aliphatic heterocycles. The van der Waals surface area contributed by atoms with Crippen LogP contribution < -0.4 is 15.8 Å². The number of nitrogens with zero attached hydrogens (tertiary/aromatic N) is 2. The van der Waals surface area contributed by atoms with E-state index < -0.39 is 5.54 Å². The van der Waals surface area contributed by atoms with Gasteiger partial charge in [0.25, 0.3) is 5.91 Å². The third-order valence-corrected chi connectivity index (χ3v) is 3.86. The number of carbonyl (C=O) groups excluding carboxylic acids is 1. The molecule has 0 saturated heterocycles. The molecule has 2 aromatic heterocycles. The quantitative estimate of drug-likeness (QED) is 0.653. The number of halogens is 2. The van der Waals surface area contributed by atoms with Gasteiger partial charge in [0.05, 0.1) is 5.69 Å². The molecule has 0 unspecified atom stereocenters. The number of amides is 1. The van der Waals surface area contributed by atoms with E-state index in [0.717, 1.165) is 11.3 Å². The van der Waals surface area contributed by atoms with E-state index >= 15 is 0 Å². The molecule has 8 heteroatoms. The van der Waals surface area contributed by atoms with Gasteiger partial charge in [0, 0.05) is 30.0 Å². The number of rotatable bonds is 6. The number of pyridine rings is 1. The van der Waals surface area contributed by atoms with E-state index in [4.69, 9.17) is 10.5 Å². The molecule has 0 atom stereocenters. The first-order valence-electron chi connectivity index (χ1n) is 8.15. The van der Waals surface area contributed by atoms with Gasteiger partial charge in [0.2, 0.25) is 0 Å². The lowest BCUT2D eigenvalue weighted by molar-refractivity contribution is 0.0915. The summed E-state index contributed by atoms with van der Waals surface area (Å²) in [5, 5.41) is 2.91. The SMILES string of the molecule is CC(C)(CN)NC(=O)c1cccc(OCc2cn3ccccc3n2)c1.Cl.Cl. The molecule has 3 aromatic rings. The van der Waals surface area contributed by atoms with E-state index in [1.807, 2.05) is 54.9 Å². The minimum Gasteiger partial charge on any atom is -0.487 e. The van der Waals surface area contributed by atoms with Gasteiger partial charge in [-0.1, -0.05) is 12.1 Å². The van der Waals surface area contributed by atoms with Crippen LogP contribution >= 0.6 is 24.8 Å². The van der Waals surface area contributed by atoms with Gasteiger partial charge in [-0.15, -0.1) is 24.8 Å². The smallest absolute Gasteiger partial charge is 0.251 e. The topological polar surface area (TPSA) is 81.6 Å². The minimum atomic E-state index is -0.454. The van der Waals surface area contributed by atoms with Crippen molar-refractivity contribution in [2.45, 2.75) is 26.0 Å². The molecule has 6 nitrogen and oxygen atoms in total. The minimum absolute atomic E-state index is 0. The highest BCUT2D eigenvalue weighted by molar-refractivity contribution is 5.95. The van der Waals surface area contributed by atoms with Crippen molar-refractivity contribution in [1.29, 1.82) is 0 Å². The van der Waals surface area contributed by atoms with Crippen molar-refractivity contribution in [3.63, 3.8) is 0 Å². The number of aromatic nitrogens is 2. The van der Waals surface area contributed by atoms with E-state index in [2.05, 4.69) is 10.3 Å². The highest BCUT2D eigenvalue weighted by atomic mass is 35.5. The maximum Gasteiger partial charge on any atom is 0.251 e. The van der Waals surface area contributed by atoms with Crippen molar-refractivity contribution in [3.8, 4) is 5.75 Å². The number of carbonyl (C=O) groups is 1. The van der Waals surface area contributed by atoms with E-state index in [0.29, 0.717) is 24.5 Å². The lowest BCUT2D eigenvalue weighted by atomic mass is 10.1. The van der Waals surface area contributed by atoms with Gasteiger partial charge in [-0.3, -0.25) is 4.79 Å². The van der Waals surface area contributed by atoms with E-state index in [1.165, 1.54) is 0 Å². The maximum absolute atomic E-state index is 12.3. The van der Waals surface area contributed by atoms with Crippen LogP contribution in [0, 0.1) is 0 Å². The molecule has 0 aliphatic carbocycles. The van der Waals surface area contributed by atoms with Gasteiger partial charge < -0.3 is 20.2 Å². The van der Waals surface area contributed by atoms with E-state index in [1.54, 1.807) is 18.2 Å². The Morgan fingerprint density at radius 2 is 2.00 bits per heavy atom. The van der Waals surface area contributed by atoms with Crippen molar-refractivity contribution in [3.05, 3.63) is 66.1 Å². The summed E-state index contributed by atoms with van der Waals surface area (Å²) in [5.74, 6) is 0.448. The van der Waals surface area contributed by atoms with Crippen LogP contribution in [0.3, 0.4) is 0 Å². The first-order chi connectivity index (χ1) is 12.0. The number of benzene rings is 1. The summed E-state index contributed by atoms with van der Waals surface area (Å²) < 4.78 is 7.73. The monoisotopic (exact) mass is 410 g/mol. The molecule has 1 amide bonds. The number of ether oxygens (including phenoxy) is 1. The molecule has 0 radical (unpaired) electrons. The molecular formula is C19H24Cl2N4O2. The Morgan fingerprint density at radius 3 is 2.70 bits per heavy atom. The van der Waals surface area contributed by atoms with Crippen molar-refractivity contribution < 1.29 is 9.53 Å². The predicted molar refractivity (Wildman–Crippen MR) is 111 cm³/mol. The number of fused-ring (bicyclic) bond motifs is 1. The predicted octanol–water partition coefficient (Wildman–Crippen LogP) is 3.22. The highest BCUT2D eigenvalue weighted by Gasteiger charge is 2.19. The van der Waals surface area contributed by atoms with Gasteiger partial charge in [-0.25, -0.2) is 4.98 Å². The highest BCUT2D eigenvalue weighted by Crippen LogP contribution is 2.16. The summed E-state index contributed by atoms with van der Waals surface area (Å²) in [6.45, 7) is 4.47. The molecule has 3 N–H and O–H groups in total. The van der Waals surface area contributed by atoms with E-state index in [9.17, 15) is 4.79 Å². The molecule has 2 heterocycles. The second-order valence-corrected chi connectivity index (χ2v) is 6.56. The molecule has 0 saturated carbocycles. The van der Waals surface area contributed by atoms with Crippen LogP contribution in [-0.4, -0.2) is 27.4 Å². The Morgan fingerprint density at radius 1 is 1.22 bits per heavy atom. The Bertz CT molecular complexity index is 863. The number of nitrogens with two attached hydrogens (primary N) is 1. The van der Waals surface area contributed by atoms with Gasteiger partial charge in [0.1, 0.15) is 18.0 Å². The molecule has 27 heavy (non-hydrogen) atoms. The standard InChI is InChI=1S/C19H22N4O2.2ClH/c1-19(2,13-20)22-18(24)14-6-5-7-16(10-14)25-12-15-11-23-9-4-3-8-17(23)21-15;;/h3-11H,12-13,20H2,1-2H3,(H,22,24);2*1H. The van der Waals surface area contributed by atoms with Gasteiger partial charge in [-0.05, 0) is 44.2 Å². The summed E-state index contributed by atoms with van der Waals surface area (Å²) in [7, 11) is 0. The van der Waals surface area contributed by atoms with Gasteiger partial charge >= 0.3 is 0 Å². The molecule has 146 valence electrons. The Hall–Kier alpha value is -2.28. The van der Waals surface area contributed by atoms with Crippen LogP contribution in [-0.2, 0) is 6.61 Å². The van der Waals surface area contributed by atoms with Crippen molar-refractivity contribution in [2.24, 2.45) is 5.73 Å². The van der Waals surface area contributed by atoms with Crippen LogP contribution in [0.15, 0.2) is 54.9 Å². The third-order valence-electron chi connectivity index (χ3n) is 3.86. The first kappa shape index (κ1) is 22.8. The fourth-order valence-corrected chi connectivity index (χ4v) is 2.37. The molecule has 0 fully saturated rings. The molecule has 0 aliphatic rings. The maximum atomic E-state index is 12.3. The number of imidazole rings is 1. The van der Waals surface area contributed by atoms with Crippen LogP contribution in [0.4, 0.5) is 0 Å². The van der Waals surface area contributed by atoms with Crippen molar-refractivity contribution >= 4 is 36.4 Å². The lowest BCUT2D eigenvalue weighted by Gasteiger charge is -2.24. The summed E-state index contributed by atoms with van der Waals surface area (Å²) in [4.78, 5) is 16.8. The second kappa shape index (κ2) is 9.60. The third kappa shape index (κ3) is 5.85. The summed E-state index contributed by atoms with van der Waals surface area (Å²) in [6, 6.07) is 12.9. The molecule has 0 spiro atoms. The number of nitrogens with one attached hydrogen (secondary N) is 1. The lowest BCUT2D eigenvalue weighted by Crippen LogP contribution is -2.48. The van der Waals surface area contributed by atoms with Crippen LogP contribution in [0.2, 0.25) is 0 Å².